The molecule has 0 saturated carbocycles. The minimum Gasteiger partial charge on any atom is -0.506 e. The van der Waals surface area contributed by atoms with Crippen molar-refractivity contribution in [3.05, 3.63) is 47.3 Å². The van der Waals surface area contributed by atoms with E-state index in [9.17, 15) is 9.90 Å². The van der Waals surface area contributed by atoms with Gasteiger partial charge in [-0.05, 0) is 18.2 Å². The number of fused-ring (bicyclic) bond motifs is 1. The number of aromatic nitrogens is 2. The number of carbonyl (C=O) groups is 1. The van der Waals surface area contributed by atoms with Crippen LogP contribution in [0.25, 0.3) is 5.52 Å². The number of carbonyl (C=O) groups excluding carboxylic acids is 1. The molecule has 2 heterocycles. The zero-order valence-corrected chi connectivity index (χ0v) is 16.4. The van der Waals surface area contributed by atoms with Crippen LogP contribution in [0.3, 0.4) is 0 Å². The minimum atomic E-state index is -0.400. The molecule has 8 heteroatoms. The lowest BCUT2D eigenvalue weighted by Gasteiger charge is -2.23. The summed E-state index contributed by atoms with van der Waals surface area (Å²) in [5.74, 6) is -0.0477. The molecule has 0 saturated heterocycles. The highest BCUT2D eigenvalue weighted by Gasteiger charge is 2.20. The number of pyridine rings is 1. The van der Waals surface area contributed by atoms with Crippen LogP contribution >= 0.6 is 11.6 Å². The Hall–Kier alpha value is -2.64. The first-order valence-electron chi connectivity index (χ1n) is 8.67. The summed E-state index contributed by atoms with van der Waals surface area (Å²) < 4.78 is 2.60. The molecule has 2 aromatic rings. The number of rotatable bonds is 6. The maximum atomic E-state index is 12.2. The molecule has 1 aliphatic carbocycles. The van der Waals surface area contributed by atoms with E-state index in [1.807, 2.05) is 24.4 Å². The summed E-state index contributed by atoms with van der Waals surface area (Å²) in [6, 6.07) is 5.65. The van der Waals surface area contributed by atoms with Gasteiger partial charge in [0.1, 0.15) is 17.2 Å². The maximum absolute atomic E-state index is 12.2. The van der Waals surface area contributed by atoms with E-state index in [1.54, 1.807) is 4.52 Å². The Labute approximate surface area is 162 Å². The highest BCUT2D eigenvalue weighted by atomic mass is 35.5. The van der Waals surface area contributed by atoms with Gasteiger partial charge in [0.05, 0.1) is 38.2 Å². The van der Waals surface area contributed by atoms with Gasteiger partial charge in [-0.25, -0.2) is 9.51 Å². The number of nitrogens with zero attached hydrogens (tertiary/aromatic N) is 4. The van der Waals surface area contributed by atoms with E-state index in [0.717, 1.165) is 35.6 Å². The summed E-state index contributed by atoms with van der Waals surface area (Å²) in [5.41, 5.74) is 1.50. The topological polar surface area (TPSA) is 79.0 Å². The number of hydrogen-bond acceptors (Lipinski definition) is 5. The Morgan fingerprint density at radius 3 is 2.81 bits per heavy atom. The molecule has 0 amide bonds. The molecule has 27 heavy (non-hydrogen) atoms. The molecule has 2 aromatic heterocycles. The number of ketones is 1. The summed E-state index contributed by atoms with van der Waals surface area (Å²) in [4.78, 5) is 16.7. The molecule has 2 N–H and O–H groups in total. The lowest BCUT2D eigenvalue weighted by molar-refractivity contribution is -0.870. The number of aliphatic hydroxyl groups is 1. The Morgan fingerprint density at radius 1 is 1.30 bits per heavy atom. The molecule has 0 atom stereocenters. The van der Waals surface area contributed by atoms with Crippen LogP contribution in [-0.2, 0) is 4.79 Å². The number of allylic oxidation sites excluding steroid dienone is 3. The molecule has 0 unspecified atom stereocenters. The van der Waals surface area contributed by atoms with Crippen molar-refractivity contribution < 1.29 is 14.4 Å². The smallest absolute Gasteiger partial charge is 0.207 e. The minimum absolute atomic E-state index is 0.0854. The van der Waals surface area contributed by atoms with Crippen molar-refractivity contribution in [2.75, 3.05) is 39.5 Å². The number of hydrogen-bond donors (Lipinski definition) is 2. The van der Waals surface area contributed by atoms with Gasteiger partial charge in [-0.1, -0.05) is 17.7 Å². The van der Waals surface area contributed by atoms with Crippen molar-refractivity contribution in [2.45, 2.75) is 6.42 Å². The van der Waals surface area contributed by atoms with Crippen molar-refractivity contribution in [1.82, 2.24) is 9.61 Å². The summed E-state index contributed by atoms with van der Waals surface area (Å²) in [6.07, 6.45) is 5.23. The quantitative estimate of drug-likeness (QED) is 0.453. The lowest BCUT2D eigenvalue weighted by atomic mass is 10.1. The number of quaternary nitrogens is 1. The Morgan fingerprint density at radius 2 is 2.07 bits per heavy atom. The zero-order valence-electron chi connectivity index (χ0n) is 15.6. The van der Waals surface area contributed by atoms with Crippen LogP contribution in [0.15, 0.2) is 52.3 Å². The third-order valence-corrected chi connectivity index (χ3v) is 4.38. The molecule has 1 aliphatic rings. The van der Waals surface area contributed by atoms with E-state index in [-0.39, 0.29) is 16.5 Å². The Kier molecular flexibility index (Phi) is 5.34. The van der Waals surface area contributed by atoms with Crippen LogP contribution in [-0.4, -0.2) is 64.9 Å². The van der Waals surface area contributed by atoms with Gasteiger partial charge in [-0.2, -0.15) is 0 Å². The monoisotopic (exact) mass is 388 g/mol. The molecular formula is C19H23ClN5O2+. The Bertz CT molecular complexity index is 966. The second-order valence-corrected chi connectivity index (χ2v) is 7.81. The van der Waals surface area contributed by atoms with E-state index in [4.69, 9.17) is 11.6 Å². The van der Waals surface area contributed by atoms with Gasteiger partial charge in [0.15, 0.2) is 5.82 Å². The van der Waals surface area contributed by atoms with E-state index >= 15 is 0 Å². The SMILES string of the molecule is C[N+](C)(C)CCCNc1nn2ccccc2c1N=C1C=C(Cl)C(O)=CC1=O. The van der Waals surface area contributed by atoms with Crippen LogP contribution in [0.4, 0.5) is 11.5 Å². The molecule has 0 aromatic carbocycles. The van der Waals surface area contributed by atoms with Crippen molar-refractivity contribution in [3.8, 4) is 0 Å². The number of anilines is 1. The predicted octanol–water partition coefficient (Wildman–Crippen LogP) is 3.06. The van der Waals surface area contributed by atoms with Gasteiger partial charge in [-0.15, -0.1) is 5.10 Å². The van der Waals surface area contributed by atoms with E-state index in [2.05, 4.69) is 36.6 Å². The van der Waals surface area contributed by atoms with E-state index < -0.39 is 5.78 Å². The summed E-state index contributed by atoms with van der Waals surface area (Å²) in [7, 11) is 6.45. The molecule has 142 valence electrons. The first kappa shape index (κ1) is 19.1. The standard InChI is InChI=1S/C19H22ClN5O2/c1-25(2,3)10-6-8-21-19-18(15-7-4-5-9-24(15)23-19)22-14-11-13(20)16(26)12-17(14)27/h4-5,7,9,11-12H,6,8,10H2,1-3H3,(H-,21,23,26,27)/p+1. The van der Waals surface area contributed by atoms with Crippen molar-refractivity contribution in [1.29, 1.82) is 0 Å². The predicted molar refractivity (Wildman–Crippen MR) is 108 cm³/mol. The second-order valence-electron chi connectivity index (χ2n) is 7.41. The zero-order chi connectivity index (χ0) is 19.6. The van der Waals surface area contributed by atoms with Crippen molar-refractivity contribution in [3.63, 3.8) is 0 Å². The van der Waals surface area contributed by atoms with E-state index in [0.29, 0.717) is 11.5 Å². The van der Waals surface area contributed by atoms with Crippen molar-refractivity contribution >= 4 is 40.1 Å². The molecule has 3 rings (SSSR count). The number of aliphatic hydroxyl groups excluding tert-OH is 1. The van der Waals surface area contributed by atoms with Gasteiger partial charge in [-0.3, -0.25) is 4.79 Å². The van der Waals surface area contributed by atoms with Gasteiger partial charge in [0, 0.05) is 25.2 Å². The van der Waals surface area contributed by atoms with Gasteiger partial charge >= 0.3 is 0 Å². The third-order valence-electron chi connectivity index (χ3n) is 4.07. The second kappa shape index (κ2) is 7.54. The van der Waals surface area contributed by atoms with Crippen LogP contribution in [0, 0.1) is 0 Å². The van der Waals surface area contributed by atoms with Gasteiger partial charge in [0.25, 0.3) is 0 Å². The van der Waals surface area contributed by atoms with Gasteiger partial charge < -0.3 is 14.9 Å². The fraction of sp³-hybridized carbons (Fsp3) is 0.316. The number of aliphatic imine (C=N–C) groups is 1. The first-order valence-corrected chi connectivity index (χ1v) is 9.05. The normalized spacial score (nSPS) is 16.6. The molecule has 0 fully saturated rings. The highest BCUT2D eigenvalue weighted by Crippen LogP contribution is 2.31. The molecule has 7 nitrogen and oxygen atoms in total. The average molecular weight is 389 g/mol. The fourth-order valence-electron chi connectivity index (χ4n) is 2.72. The number of nitrogens with one attached hydrogen (secondary N) is 1. The summed E-state index contributed by atoms with van der Waals surface area (Å²) in [6.45, 7) is 1.76. The largest absolute Gasteiger partial charge is 0.506 e. The lowest BCUT2D eigenvalue weighted by Crippen LogP contribution is -2.36. The molecule has 0 bridgehead atoms. The van der Waals surface area contributed by atoms with Crippen LogP contribution in [0.1, 0.15) is 6.42 Å². The summed E-state index contributed by atoms with van der Waals surface area (Å²) >= 11 is 5.94. The fourth-order valence-corrected chi connectivity index (χ4v) is 2.87. The molecule has 0 radical (unpaired) electrons. The molecular weight excluding hydrogens is 366 g/mol. The number of halogens is 1. The average Bonchev–Trinajstić information content (AvgIpc) is 2.93. The molecule has 0 spiro atoms. The highest BCUT2D eigenvalue weighted by molar-refractivity contribution is 6.52. The van der Waals surface area contributed by atoms with Crippen molar-refractivity contribution in [2.24, 2.45) is 4.99 Å². The van der Waals surface area contributed by atoms with Crippen LogP contribution < -0.4 is 5.32 Å². The first-order chi connectivity index (χ1) is 12.7. The summed E-state index contributed by atoms with van der Waals surface area (Å²) in [5, 5.41) is 17.5. The van der Waals surface area contributed by atoms with Crippen LogP contribution in [0.5, 0.6) is 0 Å². The Balaban J connectivity index is 1.92. The third kappa shape index (κ3) is 4.56. The van der Waals surface area contributed by atoms with Gasteiger partial charge in [0.2, 0.25) is 5.78 Å². The van der Waals surface area contributed by atoms with Crippen LogP contribution in [0.2, 0.25) is 0 Å². The molecule has 0 aliphatic heterocycles. The maximum Gasteiger partial charge on any atom is 0.207 e. The van der Waals surface area contributed by atoms with E-state index in [1.165, 1.54) is 6.08 Å².